The Hall–Kier alpha value is -0.150. The van der Waals surface area contributed by atoms with Gasteiger partial charge in [0.05, 0.1) is 0 Å². The highest BCUT2D eigenvalue weighted by Gasteiger charge is 2.32. The zero-order valence-electron chi connectivity index (χ0n) is 9.06. The van der Waals surface area contributed by atoms with E-state index in [1.54, 1.807) is 6.92 Å². The van der Waals surface area contributed by atoms with Crippen LogP contribution in [-0.4, -0.2) is 42.8 Å². The topological polar surface area (TPSA) is 15.3 Å². The number of halogens is 1. The van der Waals surface area contributed by atoms with Crippen LogP contribution in [0.1, 0.15) is 32.6 Å². The number of nitrogens with one attached hydrogen (secondary N) is 1. The van der Waals surface area contributed by atoms with E-state index in [4.69, 9.17) is 0 Å². The van der Waals surface area contributed by atoms with Crippen molar-refractivity contribution in [3.63, 3.8) is 0 Å². The molecule has 0 bridgehead atoms. The Balaban J connectivity index is 1.82. The molecule has 1 N–H and O–H groups in total. The highest BCUT2D eigenvalue weighted by Crippen LogP contribution is 2.27. The van der Waals surface area contributed by atoms with Gasteiger partial charge in [-0.15, -0.1) is 0 Å². The summed E-state index contributed by atoms with van der Waals surface area (Å²) in [7, 11) is 0. The molecule has 0 aromatic rings. The van der Waals surface area contributed by atoms with Crippen molar-refractivity contribution in [2.45, 2.75) is 44.3 Å². The molecule has 82 valence electrons. The number of likely N-dealkylation sites (tertiary alicyclic amines) is 1. The average molecular weight is 200 g/mol. The van der Waals surface area contributed by atoms with Gasteiger partial charge in [-0.2, -0.15) is 0 Å². The third-order valence-corrected chi connectivity index (χ3v) is 3.63. The lowest BCUT2D eigenvalue weighted by atomic mass is 9.93. The van der Waals surface area contributed by atoms with Crippen LogP contribution in [0.2, 0.25) is 0 Å². The molecule has 2 rings (SSSR count). The molecule has 0 aromatic carbocycles. The standard InChI is InChI=1S/C11H21FN2/c1-11(12)4-7-14(8-5-11)10-3-2-6-13-9-10/h10,13H,2-9H2,1H3. The van der Waals surface area contributed by atoms with Crippen molar-refractivity contribution in [1.29, 1.82) is 0 Å². The van der Waals surface area contributed by atoms with E-state index in [1.807, 2.05) is 0 Å². The van der Waals surface area contributed by atoms with Crippen molar-refractivity contribution in [1.82, 2.24) is 10.2 Å². The molecule has 0 saturated carbocycles. The number of nitrogens with zero attached hydrogens (tertiary/aromatic N) is 1. The van der Waals surface area contributed by atoms with Gasteiger partial charge in [0, 0.05) is 25.7 Å². The number of hydrogen-bond donors (Lipinski definition) is 1. The highest BCUT2D eigenvalue weighted by atomic mass is 19.1. The van der Waals surface area contributed by atoms with E-state index < -0.39 is 5.67 Å². The fourth-order valence-electron chi connectivity index (χ4n) is 2.50. The minimum atomic E-state index is -0.904. The number of rotatable bonds is 1. The molecule has 2 fully saturated rings. The predicted molar refractivity (Wildman–Crippen MR) is 56.2 cm³/mol. The maximum absolute atomic E-state index is 13.6. The first-order chi connectivity index (χ1) is 6.67. The Morgan fingerprint density at radius 1 is 1.36 bits per heavy atom. The van der Waals surface area contributed by atoms with Gasteiger partial charge in [-0.05, 0) is 39.2 Å². The van der Waals surface area contributed by atoms with Crippen LogP contribution in [0.25, 0.3) is 0 Å². The van der Waals surface area contributed by atoms with Crippen molar-refractivity contribution in [3.05, 3.63) is 0 Å². The second-order valence-electron chi connectivity index (χ2n) is 4.95. The third-order valence-electron chi connectivity index (χ3n) is 3.63. The van der Waals surface area contributed by atoms with Gasteiger partial charge in [-0.25, -0.2) is 4.39 Å². The van der Waals surface area contributed by atoms with E-state index in [1.165, 1.54) is 12.8 Å². The van der Waals surface area contributed by atoms with E-state index >= 15 is 0 Å². The van der Waals surface area contributed by atoms with Crippen LogP contribution < -0.4 is 5.32 Å². The molecule has 2 aliphatic heterocycles. The summed E-state index contributed by atoms with van der Waals surface area (Å²) in [6, 6.07) is 0.667. The molecule has 1 unspecified atom stereocenters. The zero-order valence-corrected chi connectivity index (χ0v) is 9.06. The molecular formula is C11H21FN2. The van der Waals surface area contributed by atoms with E-state index in [-0.39, 0.29) is 0 Å². The van der Waals surface area contributed by atoms with Gasteiger partial charge in [0.1, 0.15) is 5.67 Å². The second-order valence-corrected chi connectivity index (χ2v) is 4.95. The van der Waals surface area contributed by atoms with Gasteiger partial charge >= 0.3 is 0 Å². The van der Waals surface area contributed by atoms with Crippen LogP contribution in [-0.2, 0) is 0 Å². The summed E-state index contributed by atoms with van der Waals surface area (Å²) in [4.78, 5) is 2.47. The van der Waals surface area contributed by atoms with Crippen LogP contribution in [0.5, 0.6) is 0 Å². The predicted octanol–water partition coefficient (Wildman–Crippen LogP) is 1.56. The molecule has 0 aliphatic carbocycles. The Morgan fingerprint density at radius 3 is 2.64 bits per heavy atom. The average Bonchev–Trinajstić information content (AvgIpc) is 2.19. The summed E-state index contributed by atoms with van der Waals surface area (Å²) in [6.45, 7) is 5.89. The molecule has 0 radical (unpaired) electrons. The molecular weight excluding hydrogens is 179 g/mol. The van der Waals surface area contributed by atoms with E-state index in [9.17, 15) is 4.39 Å². The van der Waals surface area contributed by atoms with Gasteiger partial charge in [0.2, 0.25) is 0 Å². The first kappa shape index (κ1) is 10.4. The van der Waals surface area contributed by atoms with Gasteiger partial charge in [-0.1, -0.05) is 0 Å². The molecule has 1 atom stereocenters. The van der Waals surface area contributed by atoms with Crippen LogP contribution in [0.4, 0.5) is 4.39 Å². The van der Waals surface area contributed by atoms with Crippen LogP contribution in [0.15, 0.2) is 0 Å². The lowest BCUT2D eigenvalue weighted by molar-refractivity contribution is 0.0446. The Labute approximate surface area is 85.9 Å². The first-order valence-electron chi connectivity index (χ1n) is 5.81. The highest BCUT2D eigenvalue weighted by molar-refractivity contribution is 4.87. The second kappa shape index (κ2) is 4.15. The Kier molecular flexibility index (Phi) is 3.07. The molecule has 2 nitrogen and oxygen atoms in total. The van der Waals surface area contributed by atoms with Crippen molar-refractivity contribution < 1.29 is 4.39 Å². The van der Waals surface area contributed by atoms with E-state index in [0.717, 1.165) is 26.2 Å². The lowest BCUT2D eigenvalue weighted by Crippen LogP contribution is -2.51. The molecule has 0 amide bonds. The van der Waals surface area contributed by atoms with Gasteiger partial charge in [-0.3, -0.25) is 4.90 Å². The summed E-state index contributed by atoms with van der Waals surface area (Å²) in [5, 5.41) is 3.42. The summed E-state index contributed by atoms with van der Waals surface area (Å²) in [5.41, 5.74) is -0.904. The number of alkyl halides is 1. The zero-order chi connectivity index (χ0) is 10.0. The van der Waals surface area contributed by atoms with Crippen LogP contribution in [0, 0.1) is 0 Å². The maximum Gasteiger partial charge on any atom is 0.110 e. The summed E-state index contributed by atoms with van der Waals surface area (Å²) in [6.07, 6.45) is 3.98. The summed E-state index contributed by atoms with van der Waals surface area (Å²) < 4.78 is 13.6. The lowest BCUT2D eigenvalue weighted by Gasteiger charge is -2.40. The smallest absolute Gasteiger partial charge is 0.110 e. The maximum atomic E-state index is 13.6. The van der Waals surface area contributed by atoms with Crippen LogP contribution in [0.3, 0.4) is 0 Å². The Bertz CT molecular complexity index is 178. The Morgan fingerprint density at radius 2 is 2.07 bits per heavy atom. The van der Waals surface area contributed by atoms with Crippen molar-refractivity contribution >= 4 is 0 Å². The number of hydrogen-bond acceptors (Lipinski definition) is 2. The monoisotopic (exact) mass is 200 g/mol. The molecule has 2 heterocycles. The largest absolute Gasteiger partial charge is 0.315 e. The normalized spacial score (nSPS) is 34.3. The fourth-order valence-corrected chi connectivity index (χ4v) is 2.50. The molecule has 3 heteroatoms. The molecule has 0 spiro atoms. The number of piperidine rings is 2. The van der Waals surface area contributed by atoms with Gasteiger partial charge < -0.3 is 5.32 Å². The molecule has 0 aromatic heterocycles. The molecule has 14 heavy (non-hydrogen) atoms. The first-order valence-corrected chi connectivity index (χ1v) is 5.81. The summed E-state index contributed by atoms with van der Waals surface area (Å²) in [5.74, 6) is 0. The van der Waals surface area contributed by atoms with Crippen molar-refractivity contribution in [2.75, 3.05) is 26.2 Å². The van der Waals surface area contributed by atoms with E-state index in [0.29, 0.717) is 18.9 Å². The minimum absolute atomic E-state index is 0.667. The van der Waals surface area contributed by atoms with E-state index in [2.05, 4.69) is 10.2 Å². The SMILES string of the molecule is CC1(F)CCN(C2CCCNC2)CC1. The quantitative estimate of drug-likeness (QED) is 0.691. The third kappa shape index (κ3) is 2.45. The summed E-state index contributed by atoms with van der Waals surface area (Å²) >= 11 is 0. The van der Waals surface area contributed by atoms with Gasteiger partial charge in [0.25, 0.3) is 0 Å². The fraction of sp³-hybridized carbons (Fsp3) is 1.00. The minimum Gasteiger partial charge on any atom is -0.315 e. The van der Waals surface area contributed by atoms with Crippen LogP contribution >= 0.6 is 0 Å². The van der Waals surface area contributed by atoms with Crippen molar-refractivity contribution in [2.24, 2.45) is 0 Å². The van der Waals surface area contributed by atoms with Crippen molar-refractivity contribution in [3.8, 4) is 0 Å². The molecule has 2 aliphatic rings. The molecule has 2 saturated heterocycles. The van der Waals surface area contributed by atoms with Gasteiger partial charge in [0.15, 0.2) is 0 Å².